The molecule has 0 aliphatic rings. The number of carbonyl (C=O) groups excluding carboxylic acids is 1. The highest BCUT2D eigenvalue weighted by Gasteiger charge is 2.12. The van der Waals surface area contributed by atoms with Gasteiger partial charge >= 0.3 is 11.1 Å². The topological polar surface area (TPSA) is 81.5 Å². The summed E-state index contributed by atoms with van der Waals surface area (Å²) in [7, 11) is 1.77. The molecule has 1 N–H and O–H groups in total. The number of aryl methyl sites for hydroxylation is 1. The minimum absolute atomic E-state index is 0.174. The lowest BCUT2D eigenvalue weighted by atomic mass is 10.1. The molecule has 1 rings (SSSR count). The van der Waals surface area contributed by atoms with Gasteiger partial charge in [0, 0.05) is 18.3 Å². The van der Waals surface area contributed by atoms with Crippen LogP contribution in [0.5, 0.6) is 0 Å². The van der Waals surface area contributed by atoms with E-state index in [1.54, 1.807) is 19.2 Å². The maximum atomic E-state index is 11.2. The molecule has 0 unspecified atom stereocenters. The molecule has 0 saturated heterocycles. The highest BCUT2D eigenvalue weighted by atomic mass is 17.0. The van der Waals surface area contributed by atoms with Crippen LogP contribution in [0.3, 0.4) is 0 Å². The van der Waals surface area contributed by atoms with Gasteiger partial charge in [-0.1, -0.05) is 6.92 Å². The zero-order chi connectivity index (χ0) is 12.1. The fourth-order valence-electron chi connectivity index (χ4n) is 1.38. The first-order valence-corrected chi connectivity index (χ1v) is 4.75. The van der Waals surface area contributed by atoms with Crippen molar-refractivity contribution in [1.29, 1.82) is 0 Å². The fourth-order valence-corrected chi connectivity index (χ4v) is 1.38. The van der Waals surface area contributed by atoms with Gasteiger partial charge in [-0.25, -0.2) is 4.84 Å². The van der Waals surface area contributed by atoms with Crippen LogP contribution >= 0.6 is 0 Å². The van der Waals surface area contributed by atoms with Crippen molar-refractivity contribution in [2.45, 2.75) is 13.3 Å². The first kappa shape index (κ1) is 12.0. The normalized spacial score (nSPS) is 9.62. The van der Waals surface area contributed by atoms with E-state index in [1.807, 2.05) is 6.92 Å². The van der Waals surface area contributed by atoms with Gasteiger partial charge in [0.25, 0.3) is 0 Å². The molecule has 0 atom stereocenters. The first-order chi connectivity index (χ1) is 7.58. The van der Waals surface area contributed by atoms with Crippen molar-refractivity contribution in [3.63, 3.8) is 0 Å². The van der Waals surface area contributed by atoms with Gasteiger partial charge in [-0.2, -0.15) is 0 Å². The van der Waals surface area contributed by atoms with Crippen LogP contribution in [0.25, 0.3) is 0 Å². The highest BCUT2D eigenvalue weighted by molar-refractivity contribution is 5.89. The van der Waals surface area contributed by atoms with Crippen molar-refractivity contribution in [3.8, 4) is 0 Å². The Morgan fingerprint density at radius 3 is 2.75 bits per heavy atom. The Morgan fingerprint density at radius 2 is 2.25 bits per heavy atom. The van der Waals surface area contributed by atoms with E-state index >= 15 is 0 Å². The van der Waals surface area contributed by atoms with E-state index in [-0.39, 0.29) is 5.56 Å². The number of hydrogen-bond donors (Lipinski definition) is 1. The molecule has 0 aromatic heterocycles. The molecule has 0 fully saturated rings. The molecule has 0 aliphatic heterocycles. The predicted octanol–water partition coefficient (Wildman–Crippen LogP) is 1.64. The van der Waals surface area contributed by atoms with E-state index < -0.39 is 11.1 Å². The van der Waals surface area contributed by atoms with Crippen LogP contribution in [0.4, 0.5) is 5.69 Å². The van der Waals surface area contributed by atoms with E-state index in [0.29, 0.717) is 0 Å². The number of anilines is 1. The molecule has 1 aromatic carbocycles. The minimum Gasteiger partial charge on any atom is -0.388 e. The predicted molar refractivity (Wildman–Crippen MR) is 57.8 cm³/mol. The lowest BCUT2D eigenvalue weighted by Crippen LogP contribution is -2.11. The second-order valence-electron chi connectivity index (χ2n) is 3.08. The van der Waals surface area contributed by atoms with Crippen molar-refractivity contribution in [1.82, 2.24) is 0 Å². The van der Waals surface area contributed by atoms with Crippen LogP contribution in [0, 0.1) is 10.1 Å². The van der Waals surface area contributed by atoms with Crippen LogP contribution in [-0.4, -0.2) is 18.1 Å². The molecule has 0 bridgehead atoms. The van der Waals surface area contributed by atoms with Crippen LogP contribution in [0.1, 0.15) is 22.8 Å². The van der Waals surface area contributed by atoms with Gasteiger partial charge in [0.1, 0.15) is 0 Å². The van der Waals surface area contributed by atoms with E-state index in [1.165, 1.54) is 6.07 Å². The summed E-state index contributed by atoms with van der Waals surface area (Å²) in [5.74, 6) is -0.956. The number of carbonyl (C=O) groups is 1. The Labute approximate surface area is 92.3 Å². The number of nitrogens with zero attached hydrogens (tertiary/aromatic N) is 1. The molecular formula is C10H12N2O4. The summed E-state index contributed by atoms with van der Waals surface area (Å²) >= 11 is 0. The zero-order valence-corrected chi connectivity index (χ0v) is 9.02. The van der Waals surface area contributed by atoms with E-state index in [9.17, 15) is 14.9 Å². The fraction of sp³-hybridized carbons (Fsp3) is 0.300. The molecule has 86 valence electrons. The van der Waals surface area contributed by atoms with Crippen molar-refractivity contribution >= 4 is 11.7 Å². The monoisotopic (exact) mass is 224 g/mol. The Morgan fingerprint density at radius 1 is 1.56 bits per heavy atom. The maximum absolute atomic E-state index is 11.2. The smallest absolute Gasteiger partial charge is 0.334 e. The number of nitrogens with one attached hydrogen (secondary N) is 1. The van der Waals surface area contributed by atoms with E-state index in [4.69, 9.17) is 0 Å². The number of benzene rings is 1. The van der Waals surface area contributed by atoms with E-state index in [2.05, 4.69) is 10.2 Å². The Hall–Kier alpha value is -2.11. The SMILES string of the molecule is CCc1cc(C(=O)O[N+](=O)[O-])ccc1NC. The van der Waals surface area contributed by atoms with Gasteiger partial charge in [-0.05, 0) is 30.2 Å². The minimum atomic E-state index is -1.11. The molecule has 0 amide bonds. The molecule has 0 spiro atoms. The quantitative estimate of drug-likeness (QED) is 0.621. The summed E-state index contributed by atoms with van der Waals surface area (Å²) in [6.07, 6.45) is 0.718. The zero-order valence-electron chi connectivity index (χ0n) is 9.02. The molecule has 6 nitrogen and oxygen atoms in total. The Kier molecular flexibility index (Phi) is 3.82. The maximum Gasteiger partial charge on any atom is 0.334 e. The Balaban J connectivity index is 2.98. The summed E-state index contributed by atoms with van der Waals surface area (Å²) in [6, 6.07) is 4.75. The number of rotatable bonds is 4. The third-order valence-corrected chi connectivity index (χ3v) is 2.15. The van der Waals surface area contributed by atoms with Crippen molar-refractivity contribution in [3.05, 3.63) is 39.4 Å². The highest BCUT2D eigenvalue weighted by Crippen LogP contribution is 2.18. The molecule has 0 aliphatic carbocycles. The Bertz CT molecular complexity index is 417. The van der Waals surface area contributed by atoms with Gasteiger partial charge in [0.15, 0.2) is 0 Å². The van der Waals surface area contributed by atoms with Gasteiger partial charge in [-0.15, -0.1) is 10.1 Å². The first-order valence-electron chi connectivity index (χ1n) is 4.75. The van der Waals surface area contributed by atoms with Crippen molar-refractivity contribution < 1.29 is 14.7 Å². The average Bonchev–Trinajstić information content (AvgIpc) is 2.27. The van der Waals surface area contributed by atoms with E-state index in [0.717, 1.165) is 17.7 Å². The van der Waals surface area contributed by atoms with Crippen LogP contribution in [0.15, 0.2) is 18.2 Å². The molecule has 0 saturated carbocycles. The number of hydrogen-bond acceptors (Lipinski definition) is 5. The van der Waals surface area contributed by atoms with Gasteiger partial charge in [-0.3, -0.25) is 4.79 Å². The van der Waals surface area contributed by atoms with Crippen molar-refractivity contribution in [2.75, 3.05) is 12.4 Å². The molecule has 0 radical (unpaired) electrons. The lowest BCUT2D eigenvalue weighted by molar-refractivity contribution is -0.727. The van der Waals surface area contributed by atoms with Crippen molar-refractivity contribution in [2.24, 2.45) is 0 Å². The van der Waals surface area contributed by atoms with Crippen LogP contribution in [-0.2, 0) is 11.3 Å². The molecule has 0 heterocycles. The van der Waals surface area contributed by atoms with Crippen LogP contribution in [0.2, 0.25) is 0 Å². The van der Waals surface area contributed by atoms with Gasteiger partial charge < -0.3 is 5.32 Å². The summed E-state index contributed by atoms with van der Waals surface area (Å²) in [5.41, 5.74) is 1.97. The molecule has 16 heavy (non-hydrogen) atoms. The second-order valence-corrected chi connectivity index (χ2v) is 3.08. The largest absolute Gasteiger partial charge is 0.388 e. The summed E-state index contributed by atoms with van der Waals surface area (Å²) in [6.45, 7) is 1.93. The summed E-state index contributed by atoms with van der Waals surface area (Å²) in [4.78, 5) is 25.1. The van der Waals surface area contributed by atoms with Gasteiger partial charge in [0.05, 0.1) is 0 Å². The van der Waals surface area contributed by atoms with Gasteiger partial charge in [0.2, 0.25) is 0 Å². The average molecular weight is 224 g/mol. The third-order valence-electron chi connectivity index (χ3n) is 2.15. The standard InChI is InChI=1S/C10H12N2O4/c1-3-7-6-8(4-5-9(7)11-2)10(13)16-12(14)15/h4-6,11H,3H2,1-2H3. The molecular weight excluding hydrogens is 212 g/mol. The summed E-state index contributed by atoms with van der Waals surface area (Å²) in [5, 5.41) is 11.9. The molecule has 1 aromatic rings. The summed E-state index contributed by atoms with van der Waals surface area (Å²) < 4.78 is 0. The second kappa shape index (κ2) is 5.11. The third kappa shape index (κ3) is 2.69. The molecule has 6 heteroatoms. The van der Waals surface area contributed by atoms with Crippen LogP contribution < -0.4 is 5.32 Å². The lowest BCUT2D eigenvalue weighted by Gasteiger charge is -2.08.